The van der Waals surface area contributed by atoms with E-state index in [-0.39, 0.29) is 11.7 Å². The summed E-state index contributed by atoms with van der Waals surface area (Å²) in [6.07, 6.45) is 1.64. The van der Waals surface area contributed by atoms with Gasteiger partial charge >= 0.3 is 0 Å². The number of nitrogens with one attached hydrogen (secondary N) is 1. The molecule has 2 aromatic heterocycles. The van der Waals surface area contributed by atoms with Crippen LogP contribution in [0, 0.1) is 6.92 Å². The molecule has 22 heavy (non-hydrogen) atoms. The van der Waals surface area contributed by atoms with E-state index in [1.54, 1.807) is 17.6 Å². The van der Waals surface area contributed by atoms with Crippen LogP contribution in [0.2, 0.25) is 0 Å². The van der Waals surface area contributed by atoms with Crippen LogP contribution in [-0.2, 0) is 4.79 Å². The number of benzene rings is 1. The first-order valence-electron chi connectivity index (χ1n) is 6.57. The highest BCUT2D eigenvalue weighted by atomic mass is 32.2. The van der Waals surface area contributed by atoms with Crippen molar-refractivity contribution in [2.45, 2.75) is 12.1 Å². The molecule has 1 amide bonds. The molecule has 112 valence electrons. The second-order valence-corrected chi connectivity index (χ2v) is 6.72. The van der Waals surface area contributed by atoms with E-state index in [1.807, 2.05) is 43.3 Å². The van der Waals surface area contributed by atoms with Crippen LogP contribution in [0.15, 0.2) is 51.1 Å². The molecule has 3 aromatic rings. The molecule has 0 fully saturated rings. The molecule has 0 spiro atoms. The fraction of sp³-hybridized carbons (Fsp3) is 0.133. The number of aromatic nitrogens is 1. The normalized spacial score (nSPS) is 11.3. The second kappa shape index (κ2) is 6.76. The fourth-order valence-electron chi connectivity index (χ4n) is 1.76. The van der Waals surface area contributed by atoms with Gasteiger partial charge in [-0.05, 0) is 31.2 Å². The summed E-state index contributed by atoms with van der Waals surface area (Å²) < 4.78 is 5.53. The Morgan fingerprint density at radius 3 is 3.05 bits per heavy atom. The lowest BCUT2D eigenvalue weighted by Crippen LogP contribution is -2.19. The SMILES string of the molecule is Cc1ccc(/C=N/NC(=O)CSc2nc3ccccc3o2)s1. The zero-order valence-corrected chi connectivity index (χ0v) is 13.4. The molecule has 0 saturated carbocycles. The van der Waals surface area contributed by atoms with Crippen LogP contribution in [0.1, 0.15) is 9.75 Å². The summed E-state index contributed by atoms with van der Waals surface area (Å²) >= 11 is 2.86. The number of hydrogen-bond donors (Lipinski definition) is 1. The van der Waals surface area contributed by atoms with Crippen LogP contribution in [0.4, 0.5) is 0 Å². The maximum absolute atomic E-state index is 11.7. The number of thioether (sulfide) groups is 1. The van der Waals surface area contributed by atoms with Gasteiger partial charge in [0, 0.05) is 9.75 Å². The Labute approximate surface area is 135 Å². The van der Waals surface area contributed by atoms with Gasteiger partial charge in [0.05, 0.1) is 12.0 Å². The average molecular weight is 331 g/mol. The number of amides is 1. The van der Waals surface area contributed by atoms with Gasteiger partial charge in [-0.2, -0.15) is 5.10 Å². The van der Waals surface area contributed by atoms with Gasteiger partial charge in [-0.1, -0.05) is 23.9 Å². The number of thiophene rings is 1. The van der Waals surface area contributed by atoms with Crippen LogP contribution >= 0.6 is 23.1 Å². The first-order valence-corrected chi connectivity index (χ1v) is 8.37. The van der Waals surface area contributed by atoms with E-state index in [0.717, 1.165) is 16.0 Å². The van der Waals surface area contributed by atoms with E-state index in [9.17, 15) is 4.79 Å². The first kappa shape index (κ1) is 14.8. The molecule has 0 radical (unpaired) electrons. The maximum Gasteiger partial charge on any atom is 0.257 e. The minimum absolute atomic E-state index is 0.197. The van der Waals surface area contributed by atoms with Crippen molar-refractivity contribution in [3.8, 4) is 0 Å². The second-order valence-electron chi connectivity index (χ2n) is 4.48. The molecule has 0 saturated heterocycles. The summed E-state index contributed by atoms with van der Waals surface area (Å²) in [6, 6.07) is 11.5. The van der Waals surface area contributed by atoms with E-state index in [4.69, 9.17) is 4.42 Å². The number of hydrogen-bond acceptors (Lipinski definition) is 6. The van der Waals surface area contributed by atoms with Gasteiger partial charge in [-0.3, -0.25) is 4.79 Å². The average Bonchev–Trinajstić information content (AvgIpc) is 3.11. The van der Waals surface area contributed by atoms with Crippen molar-refractivity contribution in [1.82, 2.24) is 10.4 Å². The number of aryl methyl sites for hydroxylation is 1. The largest absolute Gasteiger partial charge is 0.431 e. The number of hydrazone groups is 1. The Balaban J connectivity index is 1.50. The van der Waals surface area contributed by atoms with Crippen molar-refractivity contribution >= 4 is 46.3 Å². The third kappa shape index (κ3) is 3.75. The van der Waals surface area contributed by atoms with Crippen LogP contribution in [-0.4, -0.2) is 22.9 Å². The standard InChI is InChI=1S/C15H13N3O2S2/c1-10-6-7-11(22-10)8-16-18-14(19)9-21-15-17-12-4-2-3-5-13(12)20-15/h2-8H,9H2,1H3,(H,18,19)/b16-8+. The molecule has 0 atom stereocenters. The maximum atomic E-state index is 11.7. The van der Waals surface area contributed by atoms with Crippen molar-refractivity contribution in [3.05, 3.63) is 46.2 Å². The smallest absolute Gasteiger partial charge is 0.257 e. The highest BCUT2D eigenvalue weighted by Crippen LogP contribution is 2.22. The molecule has 0 unspecified atom stereocenters. The Kier molecular flexibility index (Phi) is 4.55. The molecule has 1 aromatic carbocycles. The first-order chi connectivity index (χ1) is 10.7. The van der Waals surface area contributed by atoms with Gasteiger partial charge in [-0.15, -0.1) is 11.3 Å². The van der Waals surface area contributed by atoms with E-state index < -0.39 is 0 Å². The molecule has 0 aliphatic heterocycles. The molecule has 2 heterocycles. The van der Waals surface area contributed by atoms with Crippen LogP contribution in [0.3, 0.4) is 0 Å². The molecule has 1 N–H and O–H groups in total. The minimum Gasteiger partial charge on any atom is -0.431 e. The van der Waals surface area contributed by atoms with Gasteiger partial charge in [0.15, 0.2) is 5.58 Å². The fourth-order valence-corrected chi connectivity index (χ4v) is 3.14. The number of para-hydroxylation sites is 2. The van der Waals surface area contributed by atoms with Crippen molar-refractivity contribution in [2.24, 2.45) is 5.10 Å². The van der Waals surface area contributed by atoms with E-state index in [1.165, 1.54) is 16.6 Å². The Morgan fingerprint density at radius 2 is 2.27 bits per heavy atom. The monoisotopic (exact) mass is 331 g/mol. The van der Waals surface area contributed by atoms with Gasteiger partial charge in [-0.25, -0.2) is 10.4 Å². The van der Waals surface area contributed by atoms with Crippen LogP contribution in [0.25, 0.3) is 11.1 Å². The van der Waals surface area contributed by atoms with Crippen LogP contribution < -0.4 is 5.43 Å². The number of carbonyl (C=O) groups excluding carboxylic acids is 1. The summed E-state index contributed by atoms with van der Waals surface area (Å²) in [4.78, 5) is 18.2. The minimum atomic E-state index is -0.197. The number of rotatable bonds is 5. The van der Waals surface area contributed by atoms with Crippen molar-refractivity contribution in [2.75, 3.05) is 5.75 Å². The Morgan fingerprint density at radius 1 is 1.41 bits per heavy atom. The van der Waals surface area contributed by atoms with Gasteiger partial charge in [0.2, 0.25) is 0 Å². The highest BCUT2D eigenvalue weighted by Gasteiger charge is 2.08. The van der Waals surface area contributed by atoms with E-state index >= 15 is 0 Å². The van der Waals surface area contributed by atoms with Crippen molar-refractivity contribution in [1.29, 1.82) is 0 Å². The van der Waals surface area contributed by atoms with E-state index in [0.29, 0.717) is 5.22 Å². The van der Waals surface area contributed by atoms with Gasteiger partial charge in [0.1, 0.15) is 5.52 Å². The zero-order valence-electron chi connectivity index (χ0n) is 11.8. The lowest BCUT2D eigenvalue weighted by atomic mass is 10.3. The van der Waals surface area contributed by atoms with E-state index in [2.05, 4.69) is 15.5 Å². The zero-order chi connectivity index (χ0) is 15.4. The topological polar surface area (TPSA) is 67.5 Å². The molecule has 7 heteroatoms. The lowest BCUT2D eigenvalue weighted by molar-refractivity contribution is -0.118. The van der Waals surface area contributed by atoms with Gasteiger partial charge < -0.3 is 4.42 Å². The predicted octanol–water partition coefficient (Wildman–Crippen LogP) is 3.44. The summed E-state index contributed by atoms with van der Waals surface area (Å²) in [7, 11) is 0. The summed E-state index contributed by atoms with van der Waals surface area (Å²) in [6.45, 7) is 2.03. The molecule has 0 bridgehead atoms. The number of carbonyl (C=O) groups is 1. The molecular formula is C15H13N3O2S2. The highest BCUT2D eigenvalue weighted by molar-refractivity contribution is 7.99. The number of nitrogens with zero attached hydrogens (tertiary/aromatic N) is 2. The lowest BCUT2D eigenvalue weighted by Gasteiger charge is -1.96. The van der Waals surface area contributed by atoms with Crippen molar-refractivity contribution in [3.63, 3.8) is 0 Å². The third-order valence-electron chi connectivity index (χ3n) is 2.74. The van der Waals surface area contributed by atoms with Crippen molar-refractivity contribution < 1.29 is 9.21 Å². The summed E-state index contributed by atoms with van der Waals surface area (Å²) in [5.41, 5.74) is 4.00. The summed E-state index contributed by atoms with van der Waals surface area (Å²) in [5.74, 6) is 0.00459. The summed E-state index contributed by atoms with van der Waals surface area (Å²) in [5, 5.41) is 4.41. The Hall–Kier alpha value is -2.12. The quantitative estimate of drug-likeness (QED) is 0.442. The number of oxazole rings is 1. The molecule has 5 nitrogen and oxygen atoms in total. The number of fused-ring (bicyclic) bond motifs is 1. The van der Waals surface area contributed by atoms with Gasteiger partial charge in [0.25, 0.3) is 11.1 Å². The van der Waals surface area contributed by atoms with Crippen LogP contribution in [0.5, 0.6) is 0 Å². The third-order valence-corrected chi connectivity index (χ3v) is 4.51. The molecule has 3 rings (SSSR count). The Bertz CT molecular complexity index is 790. The molecular weight excluding hydrogens is 318 g/mol. The predicted molar refractivity (Wildman–Crippen MR) is 89.5 cm³/mol. The molecule has 0 aliphatic rings. The molecule has 0 aliphatic carbocycles.